The van der Waals surface area contributed by atoms with E-state index in [0.29, 0.717) is 0 Å². The SMILES string of the molecule is CC(C)(C)OC(=O)[C@@](N)(CC(=O)O)C1CCCC1. The molecule has 0 radical (unpaired) electrons. The molecule has 0 spiro atoms. The zero-order chi connectivity index (χ0) is 14.0. The highest BCUT2D eigenvalue weighted by Crippen LogP contribution is 2.36. The fourth-order valence-electron chi connectivity index (χ4n) is 2.45. The predicted molar refractivity (Wildman–Crippen MR) is 67.0 cm³/mol. The fraction of sp³-hybridized carbons (Fsp3) is 0.846. The zero-order valence-corrected chi connectivity index (χ0v) is 11.4. The summed E-state index contributed by atoms with van der Waals surface area (Å²) in [5.74, 6) is -1.75. The van der Waals surface area contributed by atoms with Gasteiger partial charge in [-0.25, -0.2) is 0 Å². The van der Waals surface area contributed by atoms with Crippen LogP contribution in [0.4, 0.5) is 0 Å². The van der Waals surface area contributed by atoms with E-state index in [9.17, 15) is 9.59 Å². The van der Waals surface area contributed by atoms with Gasteiger partial charge in [0.25, 0.3) is 0 Å². The molecule has 0 saturated heterocycles. The summed E-state index contributed by atoms with van der Waals surface area (Å²) in [6, 6.07) is 0. The van der Waals surface area contributed by atoms with Crippen LogP contribution in [0.15, 0.2) is 0 Å². The molecule has 1 rings (SSSR count). The van der Waals surface area contributed by atoms with Crippen LogP contribution in [0.1, 0.15) is 52.9 Å². The molecule has 1 saturated carbocycles. The number of hydrogen-bond donors (Lipinski definition) is 2. The third-order valence-corrected chi connectivity index (χ3v) is 3.31. The van der Waals surface area contributed by atoms with Crippen molar-refractivity contribution in [2.24, 2.45) is 11.7 Å². The monoisotopic (exact) mass is 257 g/mol. The van der Waals surface area contributed by atoms with E-state index < -0.39 is 23.1 Å². The van der Waals surface area contributed by atoms with E-state index in [1.807, 2.05) is 0 Å². The molecule has 0 aromatic carbocycles. The van der Waals surface area contributed by atoms with Crippen LogP contribution in [0.5, 0.6) is 0 Å². The first kappa shape index (κ1) is 15.0. The minimum Gasteiger partial charge on any atom is -0.481 e. The summed E-state index contributed by atoms with van der Waals surface area (Å²) in [7, 11) is 0. The topological polar surface area (TPSA) is 89.6 Å². The molecular formula is C13H23NO4. The summed E-state index contributed by atoms with van der Waals surface area (Å²) in [6.07, 6.45) is 3.21. The molecule has 1 fully saturated rings. The third kappa shape index (κ3) is 3.70. The number of hydrogen-bond acceptors (Lipinski definition) is 4. The Kier molecular flexibility index (Phi) is 4.37. The van der Waals surface area contributed by atoms with Crippen molar-refractivity contribution in [3.63, 3.8) is 0 Å². The van der Waals surface area contributed by atoms with E-state index in [1.165, 1.54) is 0 Å². The quantitative estimate of drug-likeness (QED) is 0.748. The Labute approximate surface area is 108 Å². The number of esters is 1. The van der Waals surface area contributed by atoms with Gasteiger partial charge in [-0.05, 0) is 39.5 Å². The van der Waals surface area contributed by atoms with Crippen LogP contribution >= 0.6 is 0 Å². The van der Waals surface area contributed by atoms with E-state index in [-0.39, 0.29) is 12.3 Å². The van der Waals surface area contributed by atoms with Gasteiger partial charge in [-0.15, -0.1) is 0 Å². The number of carbonyl (C=O) groups is 2. The highest BCUT2D eigenvalue weighted by molar-refractivity contribution is 5.86. The van der Waals surface area contributed by atoms with Crippen molar-refractivity contribution in [2.75, 3.05) is 0 Å². The van der Waals surface area contributed by atoms with Crippen molar-refractivity contribution < 1.29 is 19.4 Å². The van der Waals surface area contributed by atoms with Crippen LogP contribution in [0, 0.1) is 5.92 Å². The molecule has 104 valence electrons. The molecule has 0 aliphatic heterocycles. The summed E-state index contributed by atoms with van der Waals surface area (Å²) in [4.78, 5) is 23.1. The highest BCUT2D eigenvalue weighted by Gasteiger charge is 2.47. The van der Waals surface area contributed by atoms with Gasteiger partial charge in [0.05, 0.1) is 6.42 Å². The molecule has 0 aromatic heterocycles. The normalized spacial score (nSPS) is 20.4. The van der Waals surface area contributed by atoms with Crippen LogP contribution in [0.2, 0.25) is 0 Å². The number of carbonyl (C=O) groups excluding carboxylic acids is 1. The molecule has 0 unspecified atom stereocenters. The molecule has 18 heavy (non-hydrogen) atoms. The number of ether oxygens (including phenoxy) is 1. The number of aliphatic carboxylic acids is 1. The van der Waals surface area contributed by atoms with E-state index in [4.69, 9.17) is 15.6 Å². The van der Waals surface area contributed by atoms with Crippen molar-refractivity contribution in [3.8, 4) is 0 Å². The Morgan fingerprint density at radius 3 is 2.17 bits per heavy atom. The number of nitrogens with two attached hydrogens (primary N) is 1. The highest BCUT2D eigenvalue weighted by atomic mass is 16.6. The molecule has 3 N–H and O–H groups in total. The Morgan fingerprint density at radius 2 is 1.78 bits per heavy atom. The van der Waals surface area contributed by atoms with Crippen LogP contribution in [-0.4, -0.2) is 28.2 Å². The minimum atomic E-state index is -1.39. The van der Waals surface area contributed by atoms with Gasteiger partial charge >= 0.3 is 11.9 Å². The summed E-state index contributed by atoms with van der Waals surface area (Å²) < 4.78 is 5.29. The third-order valence-electron chi connectivity index (χ3n) is 3.31. The molecule has 0 amide bonds. The lowest BCUT2D eigenvalue weighted by molar-refractivity contribution is -0.167. The molecule has 1 aliphatic rings. The second-order valence-electron chi connectivity index (χ2n) is 6.09. The predicted octanol–water partition coefficient (Wildman–Crippen LogP) is 1.69. The van der Waals surface area contributed by atoms with Gasteiger partial charge in [-0.3, -0.25) is 9.59 Å². The Balaban J connectivity index is 2.88. The molecule has 0 bridgehead atoms. The van der Waals surface area contributed by atoms with Crippen molar-refractivity contribution in [2.45, 2.75) is 64.0 Å². The molecule has 0 aromatic rings. The number of carboxylic acid groups (broad SMARTS) is 1. The van der Waals surface area contributed by atoms with Gasteiger partial charge in [0.1, 0.15) is 11.1 Å². The van der Waals surface area contributed by atoms with Crippen LogP contribution in [-0.2, 0) is 14.3 Å². The maximum Gasteiger partial charge on any atom is 0.327 e. The maximum absolute atomic E-state index is 12.2. The lowest BCUT2D eigenvalue weighted by Gasteiger charge is -2.34. The van der Waals surface area contributed by atoms with Crippen molar-refractivity contribution in [1.29, 1.82) is 0 Å². The first-order valence-corrected chi connectivity index (χ1v) is 6.39. The molecule has 1 aliphatic carbocycles. The Hall–Kier alpha value is -1.10. The van der Waals surface area contributed by atoms with Crippen molar-refractivity contribution >= 4 is 11.9 Å². The van der Waals surface area contributed by atoms with Crippen molar-refractivity contribution in [3.05, 3.63) is 0 Å². The van der Waals surface area contributed by atoms with Gasteiger partial charge in [-0.2, -0.15) is 0 Å². The van der Waals surface area contributed by atoms with E-state index in [0.717, 1.165) is 25.7 Å². The lowest BCUT2D eigenvalue weighted by atomic mass is 9.80. The van der Waals surface area contributed by atoms with Gasteiger partial charge in [0, 0.05) is 0 Å². The second-order valence-corrected chi connectivity index (χ2v) is 6.09. The van der Waals surface area contributed by atoms with Gasteiger partial charge in [0.2, 0.25) is 0 Å². The average molecular weight is 257 g/mol. The van der Waals surface area contributed by atoms with Crippen LogP contribution < -0.4 is 5.73 Å². The maximum atomic E-state index is 12.2. The largest absolute Gasteiger partial charge is 0.481 e. The van der Waals surface area contributed by atoms with E-state index in [2.05, 4.69) is 0 Å². The van der Waals surface area contributed by atoms with Crippen LogP contribution in [0.25, 0.3) is 0 Å². The lowest BCUT2D eigenvalue weighted by Crippen LogP contribution is -2.57. The van der Waals surface area contributed by atoms with Gasteiger partial charge < -0.3 is 15.6 Å². The first-order chi connectivity index (χ1) is 8.15. The summed E-state index contributed by atoms with van der Waals surface area (Å²) in [5.41, 5.74) is 4.05. The van der Waals surface area contributed by atoms with Crippen LogP contribution in [0.3, 0.4) is 0 Å². The molecular weight excluding hydrogens is 234 g/mol. The first-order valence-electron chi connectivity index (χ1n) is 6.39. The molecule has 1 atom stereocenters. The number of rotatable bonds is 4. The van der Waals surface area contributed by atoms with Gasteiger partial charge in [-0.1, -0.05) is 12.8 Å². The number of carboxylic acids is 1. The Bertz CT molecular complexity index is 328. The summed E-state index contributed by atoms with van der Waals surface area (Å²) in [6.45, 7) is 5.25. The molecule has 0 heterocycles. The molecule has 5 heteroatoms. The summed E-state index contributed by atoms with van der Waals surface area (Å²) >= 11 is 0. The zero-order valence-electron chi connectivity index (χ0n) is 11.4. The smallest absolute Gasteiger partial charge is 0.327 e. The minimum absolute atomic E-state index is 0.0940. The Morgan fingerprint density at radius 1 is 1.28 bits per heavy atom. The standard InChI is InChI=1S/C13H23NO4/c1-12(2,3)18-11(17)13(14,8-10(15)16)9-6-4-5-7-9/h9H,4-8,14H2,1-3H3,(H,15,16)/t13-/m1/s1. The second kappa shape index (κ2) is 5.26. The van der Waals surface area contributed by atoms with Crippen molar-refractivity contribution in [1.82, 2.24) is 0 Å². The summed E-state index contributed by atoms with van der Waals surface area (Å²) in [5, 5.41) is 8.97. The van der Waals surface area contributed by atoms with E-state index >= 15 is 0 Å². The average Bonchev–Trinajstić information content (AvgIpc) is 2.66. The fourth-order valence-corrected chi connectivity index (χ4v) is 2.45. The molecule has 5 nitrogen and oxygen atoms in total. The van der Waals surface area contributed by atoms with Gasteiger partial charge in [0.15, 0.2) is 0 Å². The van der Waals surface area contributed by atoms with E-state index in [1.54, 1.807) is 20.8 Å².